The van der Waals surface area contributed by atoms with Crippen molar-refractivity contribution in [1.29, 1.82) is 0 Å². The summed E-state index contributed by atoms with van der Waals surface area (Å²) in [6, 6.07) is 4.11. The second kappa shape index (κ2) is 7.37. The van der Waals surface area contributed by atoms with Crippen LogP contribution in [0.25, 0.3) is 11.4 Å². The van der Waals surface area contributed by atoms with Crippen molar-refractivity contribution in [3.63, 3.8) is 0 Å². The highest BCUT2D eigenvalue weighted by atomic mass is 16.2. The van der Waals surface area contributed by atoms with Crippen LogP contribution in [0.5, 0.6) is 0 Å². The quantitative estimate of drug-likeness (QED) is 0.865. The van der Waals surface area contributed by atoms with Crippen molar-refractivity contribution >= 4 is 11.7 Å². The molecule has 0 aromatic carbocycles. The fraction of sp³-hybridized carbons (Fsp3) is 0.474. The minimum Gasteiger partial charge on any atom is -0.365 e. The number of aromatic nitrogens is 3. The summed E-state index contributed by atoms with van der Waals surface area (Å²) >= 11 is 0. The molecule has 0 spiro atoms. The zero-order valence-corrected chi connectivity index (χ0v) is 15.0. The molecule has 2 N–H and O–H groups in total. The van der Waals surface area contributed by atoms with E-state index in [1.165, 1.54) is 5.56 Å². The zero-order valence-electron chi connectivity index (χ0n) is 15.0. The molecule has 0 bridgehead atoms. The van der Waals surface area contributed by atoms with Gasteiger partial charge in [0, 0.05) is 62.5 Å². The van der Waals surface area contributed by atoms with Gasteiger partial charge in [-0.25, -0.2) is 9.97 Å². The fourth-order valence-corrected chi connectivity index (χ4v) is 3.61. The molecule has 4 heterocycles. The molecule has 4 rings (SSSR count). The van der Waals surface area contributed by atoms with Crippen molar-refractivity contribution < 1.29 is 4.79 Å². The average Bonchev–Trinajstić information content (AvgIpc) is 2.91. The third-order valence-electron chi connectivity index (χ3n) is 5.07. The molecule has 2 aliphatic rings. The van der Waals surface area contributed by atoms with Crippen molar-refractivity contribution in [2.45, 2.75) is 31.7 Å². The Morgan fingerprint density at radius 3 is 2.92 bits per heavy atom. The van der Waals surface area contributed by atoms with Gasteiger partial charge in [0.15, 0.2) is 5.82 Å². The largest absolute Gasteiger partial charge is 0.365 e. The number of rotatable bonds is 3. The van der Waals surface area contributed by atoms with E-state index in [4.69, 9.17) is 9.97 Å². The van der Waals surface area contributed by atoms with Crippen LogP contribution in [-0.4, -0.2) is 58.5 Å². The van der Waals surface area contributed by atoms with Gasteiger partial charge in [-0.3, -0.25) is 9.78 Å². The average molecular weight is 352 g/mol. The number of nitrogens with one attached hydrogen (secondary N) is 2. The summed E-state index contributed by atoms with van der Waals surface area (Å²) in [7, 11) is 1.86. The van der Waals surface area contributed by atoms with Crippen molar-refractivity contribution in [1.82, 2.24) is 25.2 Å². The maximum atomic E-state index is 11.8. The maximum Gasteiger partial charge on any atom is 0.222 e. The predicted molar refractivity (Wildman–Crippen MR) is 99.8 cm³/mol. The van der Waals surface area contributed by atoms with E-state index in [-0.39, 0.29) is 11.9 Å². The Kier molecular flexibility index (Phi) is 4.79. The molecule has 1 atom stereocenters. The molecule has 7 nitrogen and oxygen atoms in total. The van der Waals surface area contributed by atoms with Gasteiger partial charge < -0.3 is 15.5 Å². The topological polar surface area (TPSA) is 83.0 Å². The highest BCUT2D eigenvalue weighted by Crippen LogP contribution is 2.26. The maximum absolute atomic E-state index is 11.8. The second-order valence-electron chi connectivity index (χ2n) is 6.97. The predicted octanol–water partition coefficient (Wildman–Crippen LogP) is 1.26. The molecule has 1 amide bonds. The van der Waals surface area contributed by atoms with Crippen LogP contribution in [0, 0.1) is 0 Å². The summed E-state index contributed by atoms with van der Waals surface area (Å²) in [6.07, 6.45) is 6.77. The first-order chi connectivity index (χ1) is 12.7. The lowest BCUT2D eigenvalue weighted by molar-refractivity contribution is -0.132. The third kappa shape index (κ3) is 3.53. The van der Waals surface area contributed by atoms with Gasteiger partial charge in [0.2, 0.25) is 5.91 Å². The van der Waals surface area contributed by atoms with Gasteiger partial charge in [-0.15, -0.1) is 0 Å². The Morgan fingerprint density at radius 2 is 2.12 bits per heavy atom. The molecule has 2 aliphatic heterocycles. The number of pyridine rings is 1. The summed E-state index contributed by atoms with van der Waals surface area (Å²) in [5.74, 6) is 1.83. The van der Waals surface area contributed by atoms with Crippen LogP contribution in [0.15, 0.2) is 24.5 Å². The number of nitrogens with zero attached hydrogens (tertiary/aromatic N) is 4. The number of carbonyl (C=O) groups is 1. The van der Waals surface area contributed by atoms with Crippen LogP contribution in [0.1, 0.15) is 24.1 Å². The van der Waals surface area contributed by atoms with E-state index in [1.54, 1.807) is 17.3 Å². The molecule has 0 aliphatic carbocycles. The summed E-state index contributed by atoms with van der Waals surface area (Å²) in [5.41, 5.74) is 3.22. The van der Waals surface area contributed by atoms with Crippen molar-refractivity contribution in [3.05, 3.63) is 35.8 Å². The molecule has 0 unspecified atom stereocenters. The Bertz CT molecular complexity index is 794. The van der Waals surface area contributed by atoms with Crippen LogP contribution in [-0.2, 0) is 17.6 Å². The van der Waals surface area contributed by atoms with E-state index in [2.05, 4.69) is 15.6 Å². The molecular weight excluding hydrogens is 328 g/mol. The smallest absolute Gasteiger partial charge is 0.222 e. The van der Waals surface area contributed by atoms with E-state index in [9.17, 15) is 4.79 Å². The fourth-order valence-electron chi connectivity index (χ4n) is 3.61. The Hall–Kier alpha value is -2.54. The molecule has 26 heavy (non-hydrogen) atoms. The normalized spacial score (nSPS) is 20.4. The lowest BCUT2D eigenvalue weighted by Crippen LogP contribution is -2.43. The van der Waals surface area contributed by atoms with Crippen molar-refractivity contribution in [3.8, 4) is 11.4 Å². The first kappa shape index (κ1) is 16.9. The number of likely N-dealkylation sites (N-methyl/N-ethyl adjacent to an activating group) is 1. The monoisotopic (exact) mass is 352 g/mol. The highest BCUT2D eigenvalue weighted by molar-refractivity contribution is 5.77. The summed E-state index contributed by atoms with van der Waals surface area (Å²) in [5, 5.41) is 7.04. The molecule has 1 saturated heterocycles. The van der Waals surface area contributed by atoms with Crippen LogP contribution in [0.3, 0.4) is 0 Å². The number of carbonyl (C=O) groups excluding carboxylic acids is 1. The van der Waals surface area contributed by atoms with E-state index < -0.39 is 0 Å². The van der Waals surface area contributed by atoms with Crippen LogP contribution in [0.4, 0.5) is 5.82 Å². The van der Waals surface area contributed by atoms with E-state index in [0.717, 1.165) is 49.4 Å². The van der Waals surface area contributed by atoms with Crippen LogP contribution < -0.4 is 10.6 Å². The zero-order chi connectivity index (χ0) is 17.9. The molecular formula is C19H24N6O. The summed E-state index contributed by atoms with van der Waals surface area (Å²) < 4.78 is 0. The molecule has 1 fully saturated rings. The minimum absolute atomic E-state index is 0.213. The number of hydrogen-bond acceptors (Lipinski definition) is 6. The Labute approximate surface area is 153 Å². The standard InChI is InChI=1S/C19H24N6O/c1-25-12-14(4-5-17(25)26)22-19-15-6-9-20-10-7-16(15)23-18(24-19)13-3-2-8-21-11-13/h2-3,8,11,14,20H,4-7,9-10,12H2,1H3,(H,22,23,24)/t14-/m1/s1. The van der Waals surface area contributed by atoms with E-state index in [0.29, 0.717) is 18.8 Å². The minimum atomic E-state index is 0.213. The molecule has 136 valence electrons. The first-order valence-electron chi connectivity index (χ1n) is 9.22. The van der Waals surface area contributed by atoms with Gasteiger partial charge in [0.1, 0.15) is 5.82 Å². The first-order valence-corrected chi connectivity index (χ1v) is 9.22. The molecule has 0 saturated carbocycles. The molecule has 0 radical (unpaired) electrons. The van der Waals surface area contributed by atoms with Gasteiger partial charge in [-0.2, -0.15) is 0 Å². The van der Waals surface area contributed by atoms with E-state index >= 15 is 0 Å². The SMILES string of the molecule is CN1C[C@H](Nc2nc(-c3cccnc3)nc3c2CCNCC3)CCC1=O. The van der Waals surface area contributed by atoms with Gasteiger partial charge in [-0.05, 0) is 31.5 Å². The van der Waals surface area contributed by atoms with Crippen molar-refractivity contribution in [2.24, 2.45) is 0 Å². The molecule has 2 aromatic rings. The Balaban J connectivity index is 1.68. The lowest BCUT2D eigenvalue weighted by Gasteiger charge is -2.31. The van der Waals surface area contributed by atoms with Gasteiger partial charge in [-0.1, -0.05) is 0 Å². The third-order valence-corrected chi connectivity index (χ3v) is 5.07. The van der Waals surface area contributed by atoms with Crippen LogP contribution >= 0.6 is 0 Å². The molecule has 7 heteroatoms. The number of fused-ring (bicyclic) bond motifs is 1. The van der Waals surface area contributed by atoms with Gasteiger partial charge >= 0.3 is 0 Å². The Morgan fingerprint density at radius 1 is 1.23 bits per heavy atom. The highest BCUT2D eigenvalue weighted by Gasteiger charge is 2.25. The van der Waals surface area contributed by atoms with Gasteiger partial charge in [0.05, 0.1) is 5.69 Å². The summed E-state index contributed by atoms with van der Waals surface area (Å²) in [6.45, 7) is 2.56. The number of hydrogen-bond donors (Lipinski definition) is 2. The number of piperidine rings is 1. The van der Waals surface area contributed by atoms with Crippen LogP contribution in [0.2, 0.25) is 0 Å². The summed E-state index contributed by atoms with van der Waals surface area (Å²) in [4.78, 5) is 27.4. The van der Waals surface area contributed by atoms with Crippen molar-refractivity contribution in [2.75, 3.05) is 32.0 Å². The molecule has 2 aromatic heterocycles. The van der Waals surface area contributed by atoms with Gasteiger partial charge in [0.25, 0.3) is 0 Å². The second-order valence-corrected chi connectivity index (χ2v) is 6.97. The number of anilines is 1. The lowest BCUT2D eigenvalue weighted by atomic mass is 10.0. The van der Waals surface area contributed by atoms with E-state index in [1.807, 2.05) is 19.2 Å². The number of amides is 1. The number of likely N-dealkylation sites (tertiary alicyclic amines) is 1.